The van der Waals surface area contributed by atoms with Gasteiger partial charge in [0, 0.05) is 12.5 Å². The van der Waals surface area contributed by atoms with E-state index in [0.29, 0.717) is 0 Å². The maximum atomic E-state index is 11.4. The molecule has 0 saturated carbocycles. The molecule has 0 amide bonds. The van der Waals surface area contributed by atoms with Crippen LogP contribution >= 0.6 is 0 Å². The lowest BCUT2D eigenvalue weighted by Gasteiger charge is -2.20. The molecule has 2 atom stereocenters. The summed E-state index contributed by atoms with van der Waals surface area (Å²) in [5, 5.41) is 40.1. The van der Waals surface area contributed by atoms with Gasteiger partial charge in [-0.1, -0.05) is 12.1 Å². The maximum Gasteiger partial charge on any atom is 0.325 e. The highest BCUT2D eigenvalue weighted by atomic mass is 16.6. The monoisotopic (exact) mass is 326 g/mol. The molecule has 1 aromatic carbocycles. The van der Waals surface area contributed by atoms with Gasteiger partial charge in [0.15, 0.2) is 0 Å². The highest BCUT2D eigenvalue weighted by Crippen LogP contribution is 2.25. The predicted molar refractivity (Wildman–Crippen MR) is 74.9 cm³/mol. The first kappa shape index (κ1) is 18.0. The van der Waals surface area contributed by atoms with Gasteiger partial charge >= 0.3 is 17.9 Å². The number of carbonyl (C=O) groups is 3. The van der Waals surface area contributed by atoms with Crippen molar-refractivity contribution in [3.8, 4) is 0 Å². The van der Waals surface area contributed by atoms with Gasteiger partial charge in [0.1, 0.15) is 12.1 Å². The minimum Gasteiger partial charge on any atom is -0.481 e. The Kier molecular flexibility index (Phi) is 6.15. The summed E-state index contributed by atoms with van der Waals surface area (Å²) in [5.41, 5.74) is -0.693. The van der Waals surface area contributed by atoms with E-state index in [1.165, 1.54) is 18.2 Å². The SMILES string of the molecule is O=C(O)CC[C@H](NC(C(=O)O)c1ccccc1[N+](=O)[O-])C(=O)O. The number of benzene rings is 1. The molecule has 1 rings (SSSR count). The fraction of sp³-hybridized carbons (Fsp3) is 0.308. The van der Waals surface area contributed by atoms with Crippen LogP contribution in [0.2, 0.25) is 0 Å². The molecule has 10 nitrogen and oxygen atoms in total. The molecule has 0 aliphatic rings. The number of nitrogens with zero attached hydrogens (tertiary/aromatic N) is 1. The summed E-state index contributed by atoms with van der Waals surface area (Å²) in [6, 6.07) is 1.88. The third-order valence-corrected chi connectivity index (χ3v) is 3.00. The minimum atomic E-state index is -1.66. The van der Waals surface area contributed by atoms with Gasteiger partial charge in [0.2, 0.25) is 0 Å². The molecular formula is C13H14N2O8. The molecule has 0 aromatic heterocycles. The van der Waals surface area contributed by atoms with Crippen molar-refractivity contribution in [1.29, 1.82) is 0 Å². The van der Waals surface area contributed by atoms with Crippen LogP contribution in [0.4, 0.5) is 5.69 Å². The Morgan fingerprint density at radius 3 is 2.22 bits per heavy atom. The van der Waals surface area contributed by atoms with Crippen LogP contribution in [-0.2, 0) is 14.4 Å². The van der Waals surface area contributed by atoms with Gasteiger partial charge in [0.05, 0.1) is 10.5 Å². The summed E-state index contributed by atoms with van der Waals surface area (Å²) >= 11 is 0. The Labute approximate surface area is 129 Å². The summed E-state index contributed by atoms with van der Waals surface area (Å²) < 4.78 is 0. The minimum absolute atomic E-state index is 0.216. The van der Waals surface area contributed by atoms with E-state index in [1.807, 2.05) is 0 Å². The molecule has 0 fully saturated rings. The first-order valence-electron chi connectivity index (χ1n) is 6.40. The van der Waals surface area contributed by atoms with Crippen molar-refractivity contribution >= 4 is 23.6 Å². The van der Waals surface area contributed by atoms with Crippen LogP contribution in [0.1, 0.15) is 24.4 Å². The zero-order valence-corrected chi connectivity index (χ0v) is 11.7. The first-order chi connectivity index (χ1) is 10.7. The van der Waals surface area contributed by atoms with Crippen molar-refractivity contribution in [1.82, 2.24) is 5.32 Å². The van der Waals surface area contributed by atoms with E-state index in [9.17, 15) is 29.6 Å². The highest BCUT2D eigenvalue weighted by Gasteiger charge is 2.31. The fourth-order valence-corrected chi connectivity index (χ4v) is 1.94. The molecule has 0 aliphatic heterocycles. The van der Waals surface area contributed by atoms with Crippen molar-refractivity contribution in [2.75, 3.05) is 0 Å². The average molecular weight is 326 g/mol. The molecule has 23 heavy (non-hydrogen) atoms. The first-order valence-corrected chi connectivity index (χ1v) is 6.40. The number of nitrogens with one attached hydrogen (secondary N) is 1. The second-order valence-electron chi connectivity index (χ2n) is 4.58. The number of hydrogen-bond donors (Lipinski definition) is 4. The van der Waals surface area contributed by atoms with Crippen molar-refractivity contribution in [3.05, 3.63) is 39.9 Å². The molecule has 0 saturated heterocycles. The molecule has 0 radical (unpaired) electrons. The quantitative estimate of drug-likeness (QED) is 0.375. The number of carboxylic acid groups (broad SMARTS) is 3. The molecule has 0 bridgehead atoms. The summed E-state index contributed by atoms with van der Waals surface area (Å²) in [4.78, 5) is 43.2. The summed E-state index contributed by atoms with van der Waals surface area (Å²) in [6.45, 7) is 0. The normalized spacial score (nSPS) is 13.0. The van der Waals surface area contributed by atoms with Crippen LogP contribution in [0.15, 0.2) is 24.3 Å². The van der Waals surface area contributed by atoms with Gasteiger partial charge in [-0.3, -0.25) is 29.8 Å². The Balaban J connectivity index is 3.11. The number of nitro groups is 1. The Hall–Kier alpha value is -3.01. The Morgan fingerprint density at radius 1 is 1.13 bits per heavy atom. The van der Waals surface area contributed by atoms with E-state index >= 15 is 0 Å². The van der Waals surface area contributed by atoms with Crippen LogP contribution in [0, 0.1) is 10.1 Å². The second kappa shape index (κ2) is 7.84. The molecule has 0 spiro atoms. The molecule has 124 valence electrons. The fourth-order valence-electron chi connectivity index (χ4n) is 1.94. The zero-order chi connectivity index (χ0) is 17.6. The van der Waals surface area contributed by atoms with Crippen LogP contribution in [0.3, 0.4) is 0 Å². The van der Waals surface area contributed by atoms with Gasteiger partial charge in [-0.2, -0.15) is 0 Å². The van der Waals surface area contributed by atoms with Crippen molar-refractivity contribution in [2.45, 2.75) is 24.9 Å². The van der Waals surface area contributed by atoms with Crippen LogP contribution in [0.5, 0.6) is 0 Å². The smallest absolute Gasteiger partial charge is 0.325 e. The standard InChI is InChI=1S/C13H14N2O8/c16-10(17)6-5-8(12(18)19)14-11(13(20)21)7-3-1-2-4-9(7)15(22)23/h1-4,8,11,14H,5-6H2,(H,16,17)(H,18,19)(H,20,21)/t8-,11?/m0/s1. The molecule has 1 unspecified atom stereocenters. The molecule has 10 heteroatoms. The largest absolute Gasteiger partial charge is 0.481 e. The number of rotatable bonds is 9. The van der Waals surface area contributed by atoms with E-state index in [0.717, 1.165) is 6.07 Å². The van der Waals surface area contributed by atoms with Crippen LogP contribution in [0.25, 0.3) is 0 Å². The third kappa shape index (κ3) is 5.04. The van der Waals surface area contributed by atoms with E-state index in [-0.39, 0.29) is 12.0 Å². The van der Waals surface area contributed by atoms with Gasteiger partial charge in [0.25, 0.3) is 5.69 Å². The molecule has 1 aromatic rings. The lowest BCUT2D eigenvalue weighted by atomic mass is 10.0. The Morgan fingerprint density at radius 2 is 1.74 bits per heavy atom. The van der Waals surface area contributed by atoms with Crippen molar-refractivity contribution in [2.24, 2.45) is 0 Å². The summed E-state index contributed by atoms with van der Waals surface area (Å²) in [5.74, 6) is -4.20. The lowest BCUT2D eigenvalue weighted by molar-refractivity contribution is -0.385. The van der Waals surface area contributed by atoms with E-state index in [1.54, 1.807) is 0 Å². The summed E-state index contributed by atoms with van der Waals surface area (Å²) in [7, 11) is 0. The maximum absolute atomic E-state index is 11.4. The highest BCUT2D eigenvalue weighted by molar-refractivity contribution is 5.80. The molecule has 4 N–H and O–H groups in total. The van der Waals surface area contributed by atoms with Crippen molar-refractivity contribution < 1.29 is 34.6 Å². The topological polar surface area (TPSA) is 167 Å². The number of hydrogen-bond acceptors (Lipinski definition) is 6. The van der Waals surface area contributed by atoms with E-state index in [4.69, 9.17) is 10.2 Å². The number of para-hydroxylation sites is 1. The number of carboxylic acids is 3. The number of nitro benzene ring substituents is 1. The lowest BCUT2D eigenvalue weighted by Crippen LogP contribution is -2.42. The third-order valence-electron chi connectivity index (χ3n) is 3.00. The molecular weight excluding hydrogens is 312 g/mol. The predicted octanol–water partition coefficient (Wildman–Crippen LogP) is 0.628. The average Bonchev–Trinajstić information content (AvgIpc) is 2.46. The van der Waals surface area contributed by atoms with Crippen LogP contribution in [-0.4, -0.2) is 44.2 Å². The second-order valence-corrected chi connectivity index (χ2v) is 4.58. The van der Waals surface area contributed by atoms with Crippen LogP contribution < -0.4 is 5.32 Å². The van der Waals surface area contributed by atoms with E-state index < -0.39 is 47.0 Å². The molecule has 0 aliphatic carbocycles. The Bertz CT molecular complexity index is 630. The van der Waals surface area contributed by atoms with Gasteiger partial charge in [-0.25, -0.2) is 0 Å². The van der Waals surface area contributed by atoms with Gasteiger partial charge in [-0.05, 0) is 12.5 Å². The van der Waals surface area contributed by atoms with E-state index in [2.05, 4.69) is 5.32 Å². The zero-order valence-electron chi connectivity index (χ0n) is 11.7. The van der Waals surface area contributed by atoms with Gasteiger partial charge < -0.3 is 15.3 Å². The summed E-state index contributed by atoms with van der Waals surface area (Å²) in [6.07, 6.45) is -0.859. The number of aliphatic carboxylic acids is 3. The van der Waals surface area contributed by atoms with Crippen molar-refractivity contribution in [3.63, 3.8) is 0 Å². The van der Waals surface area contributed by atoms with Gasteiger partial charge in [-0.15, -0.1) is 0 Å². The molecule has 0 heterocycles.